The summed E-state index contributed by atoms with van der Waals surface area (Å²) in [7, 11) is 2.18. The molecule has 17 heavy (non-hydrogen) atoms. The van der Waals surface area contributed by atoms with Crippen LogP contribution < -0.4 is 5.73 Å². The van der Waals surface area contributed by atoms with Gasteiger partial charge in [-0.2, -0.15) is 0 Å². The molecule has 1 fully saturated rings. The molecule has 0 aliphatic heterocycles. The van der Waals surface area contributed by atoms with Gasteiger partial charge in [-0.1, -0.05) is 19.3 Å². The van der Waals surface area contributed by atoms with E-state index in [4.69, 9.17) is 10.2 Å². The van der Waals surface area contributed by atoms with Crippen molar-refractivity contribution in [1.82, 2.24) is 4.90 Å². The zero-order valence-corrected chi connectivity index (χ0v) is 10.8. The van der Waals surface area contributed by atoms with E-state index in [9.17, 15) is 0 Å². The average Bonchev–Trinajstić information content (AvgIpc) is 2.77. The van der Waals surface area contributed by atoms with Crippen LogP contribution in [0.4, 0.5) is 0 Å². The second-order valence-corrected chi connectivity index (χ2v) is 5.27. The molecule has 1 aromatic heterocycles. The average molecular weight is 236 g/mol. The fraction of sp³-hybridized carbons (Fsp3) is 0.714. The SMILES string of the molecule is CN(Cc1occc1CN)CC1CCCCC1. The Hall–Kier alpha value is -0.800. The highest BCUT2D eigenvalue weighted by molar-refractivity contribution is 5.16. The van der Waals surface area contributed by atoms with Crippen molar-refractivity contribution in [2.75, 3.05) is 13.6 Å². The van der Waals surface area contributed by atoms with Crippen molar-refractivity contribution in [1.29, 1.82) is 0 Å². The van der Waals surface area contributed by atoms with Gasteiger partial charge in [-0.25, -0.2) is 0 Å². The Balaban J connectivity index is 1.82. The Morgan fingerprint density at radius 1 is 1.35 bits per heavy atom. The van der Waals surface area contributed by atoms with E-state index in [2.05, 4.69) is 11.9 Å². The second-order valence-electron chi connectivity index (χ2n) is 5.27. The zero-order valence-electron chi connectivity index (χ0n) is 10.8. The van der Waals surface area contributed by atoms with E-state index in [1.165, 1.54) is 38.6 Å². The third-order valence-corrected chi connectivity index (χ3v) is 3.77. The van der Waals surface area contributed by atoms with Crippen molar-refractivity contribution < 1.29 is 4.42 Å². The number of hydrogen-bond donors (Lipinski definition) is 1. The van der Waals surface area contributed by atoms with Gasteiger partial charge in [0.15, 0.2) is 0 Å². The Labute approximate surface area is 104 Å². The highest BCUT2D eigenvalue weighted by Gasteiger charge is 2.16. The molecule has 0 saturated heterocycles. The number of rotatable bonds is 5. The van der Waals surface area contributed by atoms with E-state index in [1.807, 2.05) is 6.07 Å². The summed E-state index contributed by atoms with van der Waals surface area (Å²) < 4.78 is 5.49. The van der Waals surface area contributed by atoms with Crippen molar-refractivity contribution >= 4 is 0 Å². The maximum atomic E-state index is 5.68. The summed E-state index contributed by atoms with van der Waals surface area (Å²) in [6.07, 6.45) is 8.78. The minimum Gasteiger partial charge on any atom is -0.468 e. The first-order valence-corrected chi connectivity index (χ1v) is 6.73. The summed E-state index contributed by atoms with van der Waals surface area (Å²) >= 11 is 0. The van der Waals surface area contributed by atoms with E-state index < -0.39 is 0 Å². The standard InChI is InChI=1S/C14H24N2O/c1-16(10-12-5-3-2-4-6-12)11-14-13(9-15)7-8-17-14/h7-8,12H,2-6,9-11,15H2,1H3. The minimum absolute atomic E-state index is 0.573. The van der Waals surface area contributed by atoms with Gasteiger partial charge < -0.3 is 10.2 Å². The fourth-order valence-electron chi connectivity index (χ4n) is 2.81. The molecule has 3 heteroatoms. The topological polar surface area (TPSA) is 42.4 Å². The summed E-state index contributed by atoms with van der Waals surface area (Å²) in [4.78, 5) is 2.37. The number of furan rings is 1. The first-order valence-electron chi connectivity index (χ1n) is 6.73. The molecular formula is C14H24N2O. The number of nitrogens with two attached hydrogens (primary N) is 1. The molecule has 2 rings (SSSR count). The van der Waals surface area contributed by atoms with Crippen LogP contribution in [0.3, 0.4) is 0 Å². The minimum atomic E-state index is 0.573. The van der Waals surface area contributed by atoms with Crippen LogP contribution >= 0.6 is 0 Å². The summed E-state index contributed by atoms with van der Waals surface area (Å²) in [5.41, 5.74) is 6.82. The molecule has 2 N–H and O–H groups in total. The predicted molar refractivity (Wildman–Crippen MR) is 69.5 cm³/mol. The molecule has 0 amide bonds. The molecule has 96 valence electrons. The Morgan fingerprint density at radius 2 is 2.12 bits per heavy atom. The van der Waals surface area contributed by atoms with Gasteiger partial charge >= 0.3 is 0 Å². The van der Waals surface area contributed by atoms with E-state index in [-0.39, 0.29) is 0 Å². The molecule has 0 atom stereocenters. The quantitative estimate of drug-likeness (QED) is 0.854. The molecule has 0 radical (unpaired) electrons. The van der Waals surface area contributed by atoms with Crippen LogP contribution in [0.15, 0.2) is 16.7 Å². The van der Waals surface area contributed by atoms with E-state index in [1.54, 1.807) is 6.26 Å². The van der Waals surface area contributed by atoms with Crippen LogP contribution in [0.1, 0.15) is 43.4 Å². The Morgan fingerprint density at radius 3 is 2.82 bits per heavy atom. The Kier molecular flexibility index (Phi) is 4.63. The van der Waals surface area contributed by atoms with Crippen LogP contribution in [0.5, 0.6) is 0 Å². The summed E-state index contributed by atoms with van der Waals surface area (Å²) in [6, 6.07) is 1.98. The molecule has 1 heterocycles. The van der Waals surface area contributed by atoms with Crippen molar-refractivity contribution in [2.24, 2.45) is 11.7 Å². The first kappa shape index (κ1) is 12.7. The maximum absolute atomic E-state index is 5.68. The summed E-state index contributed by atoms with van der Waals surface area (Å²) in [5.74, 6) is 1.91. The van der Waals surface area contributed by atoms with Gasteiger partial charge in [-0.3, -0.25) is 4.90 Å². The molecule has 1 aliphatic rings. The molecule has 1 aliphatic carbocycles. The lowest BCUT2D eigenvalue weighted by atomic mass is 9.89. The lowest BCUT2D eigenvalue weighted by molar-refractivity contribution is 0.215. The predicted octanol–water partition coefficient (Wildman–Crippen LogP) is 2.75. The van der Waals surface area contributed by atoms with Crippen molar-refractivity contribution in [3.63, 3.8) is 0 Å². The van der Waals surface area contributed by atoms with Crippen LogP contribution in [-0.4, -0.2) is 18.5 Å². The lowest BCUT2D eigenvalue weighted by Crippen LogP contribution is -2.27. The van der Waals surface area contributed by atoms with Gasteiger partial charge in [0.05, 0.1) is 12.8 Å². The fourth-order valence-corrected chi connectivity index (χ4v) is 2.81. The first-order chi connectivity index (χ1) is 8.29. The van der Waals surface area contributed by atoms with Crippen LogP contribution in [0.25, 0.3) is 0 Å². The van der Waals surface area contributed by atoms with Gasteiger partial charge in [-0.05, 0) is 31.9 Å². The molecule has 3 nitrogen and oxygen atoms in total. The molecule has 0 unspecified atom stereocenters. The van der Waals surface area contributed by atoms with Crippen molar-refractivity contribution in [2.45, 2.75) is 45.2 Å². The highest BCUT2D eigenvalue weighted by atomic mass is 16.3. The van der Waals surface area contributed by atoms with E-state index in [0.717, 1.165) is 23.8 Å². The van der Waals surface area contributed by atoms with Gasteiger partial charge in [0.2, 0.25) is 0 Å². The lowest BCUT2D eigenvalue weighted by Gasteiger charge is -2.26. The highest BCUT2D eigenvalue weighted by Crippen LogP contribution is 2.24. The molecule has 0 aromatic carbocycles. The molecule has 0 spiro atoms. The largest absolute Gasteiger partial charge is 0.468 e. The van der Waals surface area contributed by atoms with E-state index >= 15 is 0 Å². The van der Waals surface area contributed by atoms with Gasteiger partial charge in [0, 0.05) is 18.7 Å². The van der Waals surface area contributed by atoms with Crippen molar-refractivity contribution in [3.8, 4) is 0 Å². The zero-order chi connectivity index (χ0) is 12.1. The third kappa shape index (κ3) is 3.58. The number of hydrogen-bond acceptors (Lipinski definition) is 3. The monoisotopic (exact) mass is 236 g/mol. The molecule has 1 saturated carbocycles. The van der Waals surface area contributed by atoms with Crippen molar-refractivity contribution in [3.05, 3.63) is 23.7 Å². The number of nitrogens with zero attached hydrogens (tertiary/aromatic N) is 1. The second kappa shape index (κ2) is 6.22. The van der Waals surface area contributed by atoms with Gasteiger partial charge in [0.1, 0.15) is 5.76 Å². The maximum Gasteiger partial charge on any atom is 0.122 e. The van der Waals surface area contributed by atoms with Crippen LogP contribution in [-0.2, 0) is 13.1 Å². The molecular weight excluding hydrogens is 212 g/mol. The molecule has 1 aromatic rings. The van der Waals surface area contributed by atoms with Gasteiger partial charge in [0.25, 0.3) is 0 Å². The summed E-state index contributed by atoms with van der Waals surface area (Å²) in [5, 5.41) is 0. The normalized spacial score (nSPS) is 17.8. The summed E-state index contributed by atoms with van der Waals surface area (Å²) in [6.45, 7) is 2.64. The third-order valence-electron chi connectivity index (χ3n) is 3.77. The van der Waals surface area contributed by atoms with Crippen LogP contribution in [0, 0.1) is 5.92 Å². The molecule has 0 bridgehead atoms. The van der Waals surface area contributed by atoms with E-state index in [0.29, 0.717) is 6.54 Å². The smallest absolute Gasteiger partial charge is 0.122 e. The Bertz CT molecular complexity index is 329. The van der Waals surface area contributed by atoms with Gasteiger partial charge in [-0.15, -0.1) is 0 Å². The van der Waals surface area contributed by atoms with Crippen LogP contribution in [0.2, 0.25) is 0 Å².